The van der Waals surface area contributed by atoms with Gasteiger partial charge in [0.25, 0.3) is 11.1 Å². The lowest BCUT2D eigenvalue weighted by Gasteiger charge is -2.11. The van der Waals surface area contributed by atoms with Gasteiger partial charge in [-0.1, -0.05) is 24.3 Å². The first-order valence-electron chi connectivity index (χ1n) is 15.0. The predicted octanol–water partition coefficient (Wildman–Crippen LogP) is 4.65. The van der Waals surface area contributed by atoms with E-state index >= 15 is 0 Å². The number of carbonyl (C=O) groups excluding carboxylic acids is 1. The SMILES string of the molecule is CC(=O)NCCNc1ncc2cc(Oc3ccccc3F)c(=O)n(C)c2n1.COOSc1ncc2cc(Oc3ccccc3F)c(=O)n(C)c2n1. The van der Waals surface area contributed by atoms with Gasteiger partial charge in [0.2, 0.25) is 17.0 Å². The van der Waals surface area contributed by atoms with Gasteiger partial charge in [-0.25, -0.2) is 28.6 Å². The van der Waals surface area contributed by atoms with Crippen LogP contribution in [0.5, 0.6) is 23.0 Å². The Hall–Kier alpha value is -5.98. The van der Waals surface area contributed by atoms with Crippen molar-refractivity contribution in [3.05, 3.63) is 105 Å². The number of carbonyl (C=O) groups is 1. The summed E-state index contributed by atoms with van der Waals surface area (Å²) < 4.78 is 45.6. The zero-order valence-corrected chi connectivity index (χ0v) is 28.4. The van der Waals surface area contributed by atoms with E-state index in [-0.39, 0.29) is 34.1 Å². The van der Waals surface area contributed by atoms with Crippen molar-refractivity contribution in [2.45, 2.75) is 12.1 Å². The molecule has 264 valence electrons. The van der Waals surface area contributed by atoms with Gasteiger partial charge in [-0.15, -0.1) is 0 Å². The van der Waals surface area contributed by atoms with E-state index in [4.69, 9.17) is 13.8 Å². The average molecular weight is 721 g/mol. The normalized spacial score (nSPS) is 10.8. The molecule has 0 spiro atoms. The molecular formula is C33H30F2N8O7S. The zero-order chi connectivity index (χ0) is 36.5. The number of anilines is 1. The number of amides is 1. The molecule has 2 N–H and O–H groups in total. The number of aromatic nitrogens is 6. The predicted molar refractivity (Wildman–Crippen MR) is 184 cm³/mol. The van der Waals surface area contributed by atoms with E-state index in [1.807, 2.05) is 0 Å². The molecular weight excluding hydrogens is 690 g/mol. The molecule has 0 fully saturated rings. The summed E-state index contributed by atoms with van der Waals surface area (Å²) in [5.74, 6) is -1.03. The van der Waals surface area contributed by atoms with Crippen molar-refractivity contribution in [3.63, 3.8) is 0 Å². The molecule has 51 heavy (non-hydrogen) atoms. The van der Waals surface area contributed by atoms with Crippen LogP contribution in [0.3, 0.4) is 0 Å². The molecule has 6 rings (SSSR count). The number of nitrogens with zero attached hydrogens (tertiary/aromatic N) is 6. The third-order valence-electron chi connectivity index (χ3n) is 6.88. The minimum absolute atomic E-state index is 0.0211. The third kappa shape index (κ3) is 8.98. The molecule has 0 atom stereocenters. The lowest BCUT2D eigenvalue weighted by molar-refractivity contribution is -0.160. The number of para-hydroxylation sites is 2. The topological polar surface area (TPSA) is 174 Å². The van der Waals surface area contributed by atoms with Crippen molar-refractivity contribution in [1.82, 2.24) is 34.4 Å². The van der Waals surface area contributed by atoms with Crippen molar-refractivity contribution >= 4 is 46.0 Å². The molecule has 0 aliphatic carbocycles. The number of hydrogen-bond donors (Lipinski definition) is 2. The second kappa shape index (κ2) is 16.6. The molecule has 18 heteroatoms. The number of hydrogen-bond acceptors (Lipinski definition) is 13. The number of ether oxygens (including phenoxy) is 2. The van der Waals surface area contributed by atoms with Crippen LogP contribution in [0.25, 0.3) is 22.1 Å². The molecule has 0 aliphatic rings. The maximum Gasteiger partial charge on any atom is 0.294 e. The third-order valence-corrected chi connectivity index (χ3v) is 7.43. The van der Waals surface area contributed by atoms with Crippen LogP contribution < -0.4 is 31.2 Å². The van der Waals surface area contributed by atoms with E-state index in [0.29, 0.717) is 41.1 Å². The first-order valence-corrected chi connectivity index (χ1v) is 15.7. The summed E-state index contributed by atoms with van der Waals surface area (Å²) in [6, 6.07) is 14.6. The lowest BCUT2D eigenvalue weighted by Crippen LogP contribution is -2.26. The fraction of sp³-hybridized carbons (Fsp3) is 0.182. The molecule has 0 saturated carbocycles. The number of nitrogens with one attached hydrogen (secondary N) is 2. The van der Waals surface area contributed by atoms with Crippen LogP contribution in [0.2, 0.25) is 0 Å². The van der Waals surface area contributed by atoms with Gasteiger partial charge in [-0.2, -0.15) is 9.32 Å². The van der Waals surface area contributed by atoms with Gasteiger partial charge >= 0.3 is 0 Å². The van der Waals surface area contributed by atoms with Gasteiger partial charge in [0, 0.05) is 57.3 Å². The quantitative estimate of drug-likeness (QED) is 0.0623. The van der Waals surface area contributed by atoms with Crippen LogP contribution in [0.1, 0.15) is 6.92 Å². The summed E-state index contributed by atoms with van der Waals surface area (Å²) in [5.41, 5.74) is -0.113. The minimum atomic E-state index is -0.561. The second-order valence-corrected chi connectivity index (χ2v) is 11.1. The maximum atomic E-state index is 13.8. The Morgan fingerprint density at radius 2 is 1.31 bits per heavy atom. The van der Waals surface area contributed by atoms with E-state index in [2.05, 4.69) is 35.5 Å². The van der Waals surface area contributed by atoms with Crippen molar-refractivity contribution in [2.75, 3.05) is 25.5 Å². The van der Waals surface area contributed by atoms with E-state index < -0.39 is 22.8 Å². The Labute approximate surface area is 292 Å². The number of pyridine rings is 2. The molecule has 0 aliphatic heterocycles. The Morgan fingerprint density at radius 1 is 0.784 bits per heavy atom. The summed E-state index contributed by atoms with van der Waals surface area (Å²) in [7, 11) is 4.45. The van der Waals surface area contributed by atoms with E-state index in [9.17, 15) is 23.2 Å². The molecule has 0 unspecified atom stereocenters. The molecule has 15 nitrogen and oxygen atoms in total. The maximum absolute atomic E-state index is 13.8. The minimum Gasteiger partial charge on any atom is -0.448 e. The monoisotopic (exact) mass is 720 g/mol. The highest BCUT2D eigenvalue weighted by atomic mass is 32.2. The number of benzene rings is 2. The first-order chi connectivity index (χ1) is 24.5. The van der Waals surface area contributed by atoms with Crippen molar-refractivity contribution in [3.8, 4) is 23.0 Å². The second-order valence-electron chi connectivity index (χ2n) is 10.4. The zero-order valence-electron chi connectivity index (χ0n) is 27.5. The number of halogens is 2. The smallest absolute Gasteiger partial charge is 0.294 e. The van der Waals surface area contributed by atoms with Gasteiger partial charge in [0.15, 0.2) is 34.6 Å². The Balaban J connectivity index is 0.000000199. The van der Waals surface area contributed by atoms with Crippen LogP contribution in [0.15, 0.2) is 87.8 Å². The standard InChI is InChI=1S/C18H18FN5O3.C15H12FN3O4S/c1-11(25)20-7-8-21-18-22-10-12-9-15(17(26)24(2)16(12)23-18)27-14-6-4-3-5-13(14)19;1-19-13-9(8-17-15(18-13)24-23-21-2)7-12(14(19)20)22-11-6-4-3-5-10(11)16/h3-6,9-10H,7-8H2,1-2H3,(H,20,25)(H,21,22,23);3-8H,1-2H3. The fourth-order valence-electron chi connectivity index (χ4n) is 4.46. The first kappa shape index (κ1) is 36.3. The van der Waals surface area contributed by atoms with E-state index in [1.54, 1.807) is 19.2 Å². The van der Waals surface area contributed by atoms with Crippen molar-refractivity contribution < 1.29 is 32.3 Å². The highest BCUT2D eigenvalue weighted by molar-refractivity contribution is 7.94. The molecule has 0 radical (unpaired) electrons. The van der Waals surface area contributed by atoms with Crippen LogP contribution in [0, 0.1) is 11.6 Å². The van der Waals surface area contributed by atoms with Crippen molar-refractivity contribution in [2.24, 2.45) is 14.1 Å². The van der Waals surface area contributed by atoms with Gasteiger partial charge in [-0.3, -0.25) is 23.5 Å². The van der Waals surface area contributed by atoms with Crippen LogP contribution in [-0.2, 0) is 28.1 Å². The summed E-state index contributed by atoms with van der Waals surface area (Å²) in [6.45, 7) is 2.29. The molecule has 0 bridgehead atoms. The number of rotatable bonds is 11. The van der Waals surface area contributed by atoms with E-state index in [0.717, 1.165) is 12.0 Å². The molecule has 2 aromatic carbocycles. The molecule has 6 aromatic rings. The van der Waals surface area contributed by atoms with Gasteiger partial charge < -0.3 is 20.1 Å². The highest BCUT2D eigenvalue weighted by Gasteiger charge is 2.15. The highest BCUT2D eigenvalue weighted by Crippen LogP contribution is 2.26. The summed E-state index contributed by atoms with van der Waals surface area (Å²) >= 11 is 0.818. The Morgan fingerprint density at radius 3 is 1.84 bits per heavy atom. The van der Waals surface area contributed by atoms with Crippen LogP contribution in [0.4, 0.5) is 14.7 Å². The molecule has 0 saturated heterocycles. The van der Waals surface area contributed by atoms with Gasteiger partial charge in [-0.05, 0) is 36.4 Å². The number of aryl methyl sites for hydroxylation is 2. The van der Waals surface area contributed by atoms with Gasteiger partial charge in [0.05, 0.1) is 7.11 Å². The van der Waals surface area contributed by atoms with E-state index in [1.165, 1.54) is 91.1 Å². The molecule has 4 aromatic heterocycles. The average Bonchev–Trinajstić information content (AvgIpc) is 3.12. The summed E-state index contributed by atoms with van der Waals surface area (Å²) in [5, 5.41) is 7.02. The van der Waals surface area contributed by atoms with Gasteiger partial charge in [0.1, 0.15) is 23.3 Å². The largest absolute Gasteiger partial charge is 0.448 e. The van der Waals surface area contributed by atoms with Crippen molar-refractivity contribution in [1.29, 1.82) is 0 Å². The van der Waals surface area contributed by atoms with Crippen LogP contribution >= 0.6 is 12.0 Å². The Bertz CT molecular complexity index is 2320. The summed E-state index contributed by atoms with van der Waals surface area (Å²) in [4.78, 5) is 57.1. The Kier molecular flexibility index (Phi) is 11.8. The van der Waals surface area contributed by atoms with Crippen LogP contribution in [-0.4, -0.2) is 55.2 Å². The summed E-state index contributed by atoms with van der Waals surface area (Å²) in [6.07, 6.45) is 3.05. The fourth-order valence-corrected chi connectivity index (χ4v) is 4.81. The molecule has 1 amide bonds. The molecule has 4 heterocycles. The number of fused-ring (bicyclic) bond motifs is 2. The lowest BCUT2D eigenvalue weighted by atomic mass is 10.3.